The average molecular weight is 441 g/mol. The van der Waals surface area contributed by atoms with Gasteiger partial charge >= 0.3 is 5.76 Å². The van der Waals surface area contributed by atoms with Crippen molar-refractivity contribution < 1.29 is 9.15 Å². The molecule has 31 heavy (non-hydrogen) atoms. The predicted molar refractivity (Wildman–Crippen MR) is 119 cm³/mol. The second-order valence-electron chi connectivity index (χ2n) is 7.63. The predicted octanol–water partition coefficient (Wildman–Crippen LogP) is 3.69. The minimum Gasteiger partial charge on any atom is -0.482 e. The summed E-state index contributed by atoms with van der Waals surface area (Å²) < 4.78 is 12.9. The summed E-state index contributed by atoms with van der Waals surface area (Å²) in [5.41, 5.74) is 2.62. The lowest BCUT2D eigenvalue weighted by Gasteiger charge is -2.33. The van der Waals surface area contributed by atoms with Gasteiger partial charge in [-0.25, -0.2) is 9.78 Å². The fraction of sp³-hybridized carbons (Fsp3) is 0.318. The molecule has 0 unspecified atom stereocenters. The first-order valence-electron chi connectivity index (χ1n) is 10.2. The van der Waals surface area contributed by atoms with Crippen molar-refractivity contribution >= 4 is 34.2 Å². The van der Waals surface area contributed by atoms with Crippen LogP contribution >= 0.6 is 11.6 Å². The Kier molecular flexibility index (Phi) is 4.74. The molecule has 1 N–H and O–H groups in total. The summed E-state index contributed by atoms with van der Waals surface area (Å²) >= 11 is 6.36. The molecule has 0 amide bonds. The van der Waals surface area contributed by atoms with E-state index in [2.05, 4.69) is 9.88 Å². The molecule has 8 nitrogen and oxygen atoms in total. The molecule has 160 valence electrons. The van der Waals surface area contributed by atoms with Crippen LogP contribution in [-0.4, -0.2) is 27.5 Å². The Balaban J connectivity index is 1.65. The number of aromatic nitrogens is 3. The van der Waals surface area contributed by atoms with E-state index in [0.29, 0.717) is 45.1 Å². The van der Waals surface area contributed by atoms with Crippen LogP contribution in [0.2, 0.25) is 5.02 Å². The van der Waals surface area contributed by atoms with E-state index in [0.717, 1.165) is 25.3 Å². The lowest BCUT2D eigenvalue weighted by atomic mass is 10.1. The molecule has 1 aliphatic rings. The third kappa shape index (κ3) is 3.27. The number of halogens is 1. The van der Waals surface area contributed by atoms with Crippen LogP contribution in [0.15, 0.2) is 44.5 Å². The largest absolute Gasteiger partial charge is 0.482 e. The molecule has 5 rings (SSSR count). The van der Waals surface area contributed by atoms with E-state index in [-0.39, 0.29) is 5.56 Å². The maximum atomic E-state index is 13.2. The SMILES string of the molecule is CCc1c(N2CCC2)nc2c([C@@H](C)Oc3cccc4[nH]c(=O)oc34)cc(Cl)cn2c1=O. The number of anilines is 1. The summed E-state index contributed by atoms with van der Waals surface area (Å²) in [5.74, 6) is 0.594. The number of hydrogen-bond acceptors (Lipinski definition) is 6. The van der Waals surface area contributed by atoms with Crippen molar-refractivity contribution in [3.05, 3.63) is 67.5 Å². The first kappa shape index (κ1) is 19.7. The van der Waals surface area contributed by atoms with E-state index in [1.807, 2.05) is 13.8 Å². The van der Waals surface area contributed by atoms with Crippen LogP contribution in [0.1, 0.15) is 37.5 Å². The molecular weight excluding hydrogens is 420 g/mol. The highest BCUT2D eigenvalue weighted by Crippen LogP contribution is 2.32. The number of benzene rings is 1. The number of aromatic amines is 1. The molecule has 1 aliphatic heterocycles. The molecule has 1 fully saturated rings. The highest BCUT2D eigenvalue weighted by molar-refractivity contribution is 6.30. The third-order valence-corrected chi connectivity index (χ3v) is 5.86. The summed E-state index contributed by atoms with van der Waals surface area (Å²) in [4.78, 5) is 34.4. The summed E-state index contributed by atoms with van der Waals surface area (Å²) in [6.07, 6.45) is 2.75. The lowest BCUT2D eigenvalue weighted by Crippen LogP contribution is -2.40. The van der Waals surface area contributed by atoms with Gasteiger partial charge in [0.1, 0.15) is 17.6 Å². The smallest absolute Gasteiger partial charge is 0.417 e. The molecule has 0 aliphatic carbocycles. The standard InChI is InChI=1S/C22H21ClN4O4/c1-3-14-19(26-8-5-9-26)25-20-15(10-13(23)11-27(20)21(14)28)12(2)30-17-7-4-6-16-18(17)31-22(29)24-16/h4,6-7,10-12H,3,5,8-9H2,1-2H3,(H,24,29)/t12-/m1/s1. The van der Waals surface area contributed by atoms with Crippen LogP contribution in [-0.2, 0) is 6.42 Å². The molecule has 1 saturated heterocycles. The van der Waals surface area contributed by atoms with E-state index < -0.39 is 11.9 Å². The van der Waals surface area contributed by atoms with Crippen molar-refractivity contribution in [1.82, 2.24) is 14.4 Å². The van der Waals surface area contributed by atoms with E-state index in [4.69, 9.17) is 25.7 Å². The first-order valence-corrected chi connectivity index (χ1v) is 10.6. The van der Waals surface area contributed by atoms with Crippen LogP contribution in [0.3, 0.4) is 0 Å². The van der Waals surface area contributed by atoms with Gasteiger partial charge in [0.15, 0.2) is 11.3 Å². The highest BCUT2D eigenvalue weighted by Gasteiger charge is 2.24. The maximum Gasteiger partial charge on any atom is 0.417 e. The fourth-order valence-corrected chi connectivity index (χ4v) is 4.16. The van der Waals surface area contributed by atoms with Crippen LogP contribution in [0, 0.1) is 0 Å². The summed E-state index contributed by atoms with van der Waals surface area (Å²) in [6, 6.07) is 6.99. The number of nitrogens with zero attached hydrogens (tertiary/aromatic N) is 3. The van der Waals surface area contributed by atoms with Gasteiger partial charge in [-0.15, -0.1) is 0 Å². The number of hydrogen-bond donors (Lipinski definition) is 1. The summed E-state index contributed by atoms with van der Waals surface area (Å²) in [6.45, 7) is 5.58. The topological polar surface area (TPSA) is 92.8 Å². The second-order valence-corrected chi connectivity index (χ2v) is 8.06. The van der Waals surface area contributed by atoms with E-state index >= 15 is 0 Å². The van der Waals surface area contributed by atoms with Crippen molar-refractivity contribution in [2.75, 3.05) is 18.0 Å². The van der Waals surface area contributed by atoms with Crippen molar-refractivity contribution in [1.29, 1.82) is 0 Å². The number of rotatable bonds is 5. The zero-order chi connectivity index (χ0) is 21.7. The molecule has 0 bridgehead atoms. The Labute approximate surface area is 182 Å². The Morgan fingerprint density at radius 2 is 2.13 bits per heavy atom. The number of oxazole rings is 1. The Morgan fingerprint density at radius 1 is 1.32 bits per heavy atom. The first-order chi connectivity index (χ1) is 15.0. The zero-order valence-corrected chi connectivity index (χ0v) is 17.9. The summed E-state index contributed by atoms with van der Waals surface area (Å²) in [7, 11) is 0. The van der Waals surface area contributed by atoms with Gasteiger partial charge in [0.2, 0.25) is 0 Å². The third-order valence-electron chi connectivity index (χ3n) is 5.65. The quantitative estimate of drug-likeness (QED) is 0.508. The highest BCUT2D eigenvalue weighted by atomic mass is 35.5. The molecule has 3 aromatic heterocycles. The number of H-pyrrole nitrogens is 1. The second kappa shape index (κ2) is 7.46. The van der Waals surface area contributed by atoms with Gasteiger partial charge in [-0.05, 0) is 38.0 Å². The van der Waals surface area contributed by atoms with Crippen LogP contribution < -0.4 is 21.0 Å². The summed E-state index contributed by atoms with van der Waals surface area (Å²) in [5, 5.41) is 0.409. The number of ether oxygens (including phenoxy) is 1. The maximum absolute atomic E-state index is 13.2. The van der Waals surface area contributed by atoms with Crippen LogP contribution in [0.25, 0.3) is 16.7 Å². The van der Waals surface area contributed by atoms with Crippen molar-refractivity contribution in [3.8, 4) is 5.75 Å². The monoisotopic (exact) mass is 440 g/mol. The molecule has 0 radical (unpaired) electrons. The normalized spacial score (nSPS) is 14.7. The Hall–Kier alpha value is -3.26. The van der Waals surface area contributed by atoms with Gasteiger partial charge in [0.25, 0.3) is 5.56 Å². The molecule has 9 heteroatoms. The van der Waals surface area contributed by atoms with Crippen molar-refractivity contribution in [2.24, 2.45) is 0 Å². The Bertz CT molecular complexity index is 1420. The number of nitrogens with one attached hydrogen (secondary N) is 1. The fourth-order valence-electron chi connectivity index (χ4n) is 3.95. The van der Waals surface area contributed by atoms with Crippen molar-refractivity contribution in [3.63, 3.8) is 0 Å². The van der Waals surface area contributed by atoms with Crippen molar-refractivity contribution in [2.45, 2.75) is 32.8 Å². The molecule has 1 atom stereocenters. The van der Waals surface area contributed by atoms with Crippen LogP contribution in [0.5, 0.6) is 5.75 Å². The minimum atomic E-state index is -0.550. The number of para-hydroxylation sites is 1. The number of fused-ring (bicyclic) bond motifs is 2. The average Bonchev–Trinajstić information content (AvgIpc) is 3.08. The molecular formula is C22H21ClN4O4. The van der Waals surface area contributed by atoms with E-state index in [9.17, 15) is 9.59 Å². The van der Waals surface area contributed by atoms with Gasteiger partial charge in [-0.1, -0.05) is 24.6 Å². The van der Waals surface area contributed by atoms with Crippen LogP contribution in [0.4, 0.5) is 5.82 Å². The van der Waals surface area contributed by atoms with E-state index in [1.54, 1.807) is 30.5 Å². The van der Waals surface area contributed by atoms with Gasteiger partial charge in [0.05, 0.1) is 16.1 Å². The Morgan fingerprint density at radius 3 is 2.84 bits per heavy atom. The van der Waals surface area contributed by atoms with Gasteiger partial charge in [-0.2, -0.15) is 0 Å². The number of pyridine rings is 1. The molecule has 4 aromatic rings. The van der Waals surface area contributed by atoms with Gasteiger partial charge in [0, 0.05) is 24.8 Å². The molecule has 0 spiro atoms. The molecule has 4 heterocycles. The lowest BCUT2D eigenvalue weighted by molar-refractivity contribution is 0.227. The minimum absolute atomic E-state index is 0.121. The zero-order valence-electron chi connectivity index (χ0n) is 17.1. The molecule has 1 aromatic carbocycles. The van der Waals surface area contributed by atoms with Gasteiger partial charge < -0.3 is 14.1 Å². The molecule has 0 saturated carbocycles. The van der Waals surface area contributed by atoms with Gasteiger partial charge in [-0.3, -0.25) is 14.2 Å². The van der Waals surface area contributed by atoms with E-state index in [1.165, 1.54) is 4.40 Å².